The van der Waals surface area contributed by atoms with Crippen LogP contribution in [0, 0.1) is 5.82 Å². The smallest absolute Gasteiger partial charge is 0.255 e. The van der Waals surface area contributed by atoms with Gasteiger partial charge in [-0.1, -0.05) is 0 Å². The zero-order valence-corrected chi connectivity index (χ0v) is 12.2. The number of nitrogens with zero attached hydrogens (tertiary/aromatic N) is 1. The van der Waals surface area contributed by atoms with E-state index >= 15 is 0 Å². The molecule has 0 radical (unpaired) electrons. The minimum atomic E-state index is -0.838. The van der Waals surface area contributed by atoms with Crippen LogP contribution in [0.2, 0.25) is 0 Å². The van der Waals surface area contributed by atoms with Gasteiger partial charge in [-0.2, -0.15) is 0 Å². The average molecular weight is 343 g/mol. The second-order valence-electron chi connectivity index (χ2n) is 4.35. The first-order valence-corrected chi connectivity index (χ1v) is 6.83. The number of halogens is 2. The van der Waals surface area contributed by atoms with E-state index in [0.29, 0.717) is 4.47 Å². The molecule has 0 aromatic heterocycles. The third kappa shape index (κ3) is 2.72. The van der Waals surface area contributed by atoms with E-state index < -0.39 is 29.6 Å². The first-order valence-electron chi connectivity index (χ1n) is 6.03. The summed E-state index contributed by atoms with van der Waals surface area (Å²) >= 11 is 3.18. The Morgan fingerprint density at radius 1 is 1.50 bits per heavy atom. The Kier molecular flexibility index (Phi) is 4.17. The number of likely N-dealkylation sites (N-methyl/N-ethyl adjacent to an activating group) is 1. The van der Waals surface area contributed by atoms with Crippen LogP contribution < -0.4 is 5.32 Å². The molecule has 1 fully saturated rings. The van der Waals surface area contributed by atoms with Crippen molar-refractivity contribution in [3.05, 3.63) is 34.1 Å². The number of carbonyl (C=O) groups is 3. The predicted molar refractivity (Wildman–Crippen MR) is 72.4 cm³/mol. The molecule has 1 unspecified atom stereocenters. The standard InChI is InChI=1S/C13H12BrFN2O3/c1-2-17(10-6-11(18)16-12(10)19)13(20)8-5-7(15)3-4-9(8)14/h3-5,10H,2,6H2,1H3,(H,16,18,19). The molecule has 0 bridgehead atoms. The number of imide groups is 1. The van der Waals surface area contributed by atoms with Gasteiger partial charge in [0.25, 0.3) is 5.91 Å². The largest absolute Gasteiger partial charge is 0.326 e. The highest BCUT2D eigenvalue weighted by Crippen LogP contribution is 2.22. The Bertz CT molecular complexity index is 591. The molecule has 1 N–H and O–H groups in total. The second kappa shape index (κ2) is 5.70. The molecule has 2 rings (SSSR count). The molecule has 1 aromatic rings. The van der Waals surface area contributed by atoms with Crippen molar-refractivity contribution in [2.75, 3.05) is 6.54 Å². The summed E-state index contributed by atoms with van der Waals surface area (Å²) in [6.45, 7) is 1.94. The highest BCUT2D eigenvalue weighted by atomic mass is 79.9. The van der Waals surface area contributed by atoms with Gasteiger partial charge >= 0.3 is 0 Å². The zero-order valence-electron chi connectivity index (χ0n) is 10.7. The maximum absolute atomic E-state index is 13.3. The van der Waals surface area contributed by atoms with Crippen molar-refractivity contribution < 1.29 is 18.8 Å². The van der Waals surface area contributed by atoms with Crippen LogP contribution in [0.5, 0.6) is 0 Å². The summed E-state index contributed by atoms with van der Waals surface area (Å²) in [5.41, 5.74) is 0.124. The summed E-state index contributed by atoms with van der Waals surface area (Å²) in [6, 6.07) is 2.92. The minimum absolute atomic E-state index is 0.0641. The van der Waals surface area contributed by atoms with Crippen LogP contribution in [0.25, 0.3) is 0 Å². The molecule has 0 saturated carbocycles. The summed E-state index contributed by atoms with van der Waals surface area (Å²) < 4.78 is 13.7. The van der Waals surface area contributed by atoms with Crippen LogP contribution in [0.15, 0.2) is 22.7 Å². The summed E-state index contributed by atoms with van der Waals surface area (Å²) in [6.07, 6.45) is -0.0641. The Morgan fingerprint density at radius 3 is 2.75 bits per heavy atom. The van der Waals surface area contributed by atoms with E-state index in [1.807, 2.05) is 0 Å². The van der Waals surface area contributed by atoms with Crippen LogP contribution in [0.1, 0.15) is 23.7 Å². The van der Waals surface area contributed by atoms with Gasteiger partial charge in [-0.25, -0.2) is 4.39 Å². The minimum Gasteiger partial charge on any atom is -0.326 e. The van der Waals surface area contributed by atoms with Crippen molar-refractivity contribution in [1.82, 2.24) is 10.2 Å². The van der Waals surface area contributed by atoms with Crippen molar-refractivity contribution in [2.24, 2.45) is 0 Å². The van der Waals surface area contributed by atoms with Gasteiger partial charge in [-0.3, -0.25) is 19.7 Å². The fraction of sp³-hybridized carbons (Fsp3) is 0.308. The van der Waals surface area contributed by atoms with Gasteiger partial charge in [-0.15, -0.1) is 0 Å². The number of rotatable bonds is 3. The van der Waals surface area contributed by atoms with Crippen LogP contribution >= 0.6 is 15.9 Å². The lowest BCUT2D eigenvalue weighted by Gasteiger charge is -2.25. The molecular weight excluding hydrogens is 331 g/mol. The van der Waals surface area contributed by atoms with E-state index in [1.54, 1.807) is 6.92 Å². The van der Waals surface area contributed by atoms with E-state index in [1.165, 1.54) is 17.0 Å². The average Bonchev–Trinajstić information content (AvgIpc) is 2.72. The Labute approximate surface area is 123 Å². The molecule has 20 heavy (non-hydrogen) atoms. The predicted octanol–water partition coefficient (Wildman–Crippen LogP) is 1.47. The number of benzene rings is 1. The van der Waals surface area contributed by atoms with Gasteiger partial charge in [0.15, 0.2) is 0 Å². The van der Waals surface area contributed by atoms with Crippen LogP contribution in [-0.4, -0.2) is 35.2 Å². The summed E-state index contributed by atoms with van der Waals surface area (Å²) in [5, 5.41) is 2.16. The number of hydrogen-bond donors (Lipinski definition) is 1. The normalized spacial score (nSPS) is 18.1. The lowest BCUT2D eigenvalue weighted by molar-refractivity contribution is -0.126. The lowest BCUT2D eigenvalue weighted by atomic mass is 10.1. The fourth-order valence-corrected chi connectivity index (χ4v) is 2.53. The topological polar surface area (TPSA) is 66.5 Å². The molecule has 1 atom stereocenters. The van der Waals surface area contributed by atoms with Gasteiger partial charge in [0.2, 0.25) is 11.8 Å². The molecular formula is C13H12BrFN2O3. The molecule has 3 amide bonds. The van der Waals surface area contributed by atoms with Gasteiger partial charge in [-0.05, 0) is 41.1 Å². The van der Waals surface area contributed by atoms with Gasteiger partial charge in [0.1, 0.15) is 11.9 Å². The van der Waals surface area contributed by atoms with Crippen molar-refractivity contribution in [3.63, 3.8) is 0 Å². The Hall–Kier alpha value is -1.76. The van der Waals surface area contributed by atoms with Gasteiger partial charge in [0.05, 0.1) is 12.0 Å². The number of carbonyl (C=O) groups excluding carboxylic acids is 3. The van der Waals surface area contributed by atoms with Crippen molar-refractivity contribution in [3.8, 4) is 0 Å². The zero-order chi connectivity index (χ0) is 14.9. The molecule has 106 valence electrons. The van der Waals surface area contributed by atoms with Gasteiger partial charge < -0.3 is 4.90 Å². The molecule has 7 heteroatoms. The number of hydrogen-bond acceptors (Lipinski definition) is 3. The van der Waals surface area contributed by atoms with Crippen molar-refractivity contribution >= 4 is 33.7 Å². The third-order valence-electron chi connectivity index (χ3n) is 3.08. The van der Waals surface area contributed by atoms with E-state index in [2.05, 4.69) is 21.2 Å². The molecule has 5 nitrogen and oxygen atoms in total. The summed E-state index contributed by atoms with van der Waals surface area (Å²) in [7, 11) is 0. The number of nitrogens with one attached hydrogen (secondary N) is 1. The van der Waals surface area contributed by atoms with E-state index in [-0.39, 0.29) is 18.5 Å². The molecule has 0 spiro atoms. The lowest BCUT2D eigenvalue weighted by Crippen LogP contribution is -2.44. The van der Waals surface area contributed by atoms with Crippen molar-refractivity contribution in [1.29, 1.82) is 0 Å². The maximum Gasteiger partial charge on any atom is 0.255 e. The SMILES string of the molecule is CCN(C(=O)c1cc(F)ccc1Br)C1CC(=O)NC1=O. The fourth-order valence-electron chi connectivity index (χ4n) is 2.11. The molecule has 1 heterocycles. The molecule has 1 saturated heterocycles. The van der Waals surface area contributed by atoms with E-state index in [4.69, 9.17) is 0 Å². The third-order valence-corrected chi connectivity index (χ3v) is 3.77. The van der Waals surface area contributed by atoms with Crippen LogP contribution in [0.3, 0.4) is 0 Å². The number of amides is 3. The Balaban J connectivity index is 2.32. The van der Waals surface area contributed by atoms with E-state index in [9.17, 15) is 18.8 Å². The van der Waals surface area contributed by atoms with Crippen molar-refractivity contribution in [2.45, 2.75) is 19.4 Å². The van der Waals surface area contributed by atoms with Crippen LogP contribution in [0.4, 0.5) is 4.39 Å². The quantitative estimate of drug-likeness (QED) is 0.846. The Morgan fingerprint density at radius 2 is 2.20 bits per heavy atom. The van der Waals surface area contributed by atoms with Gasteiger partial charge in [0, 0.05) is 11.0 Å². The maximum atomic E-state index is 13.3. The second-order valence-corrected chi connectivity index (χ2v) is 5.20. The molecule has 1 aromatic carbocycles. The molecule has 1 aliphatic heterocycles. The summed E-state index contributed by atoms with van der Waals surface area (Å²) in [5.74, 6) is -1.95. The highest BCUT2D eigenvalue weighted by molar-refractivity contribution is 9.10. The first kappa shape index (κ1) is 14.6. The monoisotopic (exact) mass is 342 g/mol. The molecule has 1 aliphatic rings. The van der Waals surface area contributed by atoms with E-state index in [0.717, 1.165) is 6.07 Å². The molecule has 0 aliphatic carbocycles. The highest BCUT2D eigenvalue weighted by Gasteiger charge is 2.37. The first-order chi connectivity index (χ1) is 9.43. The summed E-state index contributed by atoms with van der Waals surface area (Å²) in [4.78, 5) is 36.6. The van der Waals surface area contributed by atoms with Crippen LogP contribution in [-0.2, 0) is 9.59 Å².